The van der Waals surface area contributed by atoms with E-state index in [1.165, 1.54) is 103 Å². The van der Waals surface area contributed by atoms with Crippen LogP contribution in [0.4, 0.5) is 0 Å². The Morgan fingerprint density at radius 2 is 0.615 bits per heavy atom. The van der Waals surface area contributed by atoms with Crippen molar-refractivity contribution in [2.75, 3.05) is 13.2 Å². The van der Waals surface area contributed by atoms with E-state index in [4.69, 9.17) is 14.2 Å². The van der Waals surface area contributed by atoms with Crippen molar-refractivity contribution in [1.29, 1.82) is 0 Å². The van der Waals surface area contributed by atoms with Crippen molar-refractivity contribution in [3.05, 3.63) is 85.1 Å². The van der Waals surface area contributed by atoms with Gasteiger partial charge in [-0.3, -0.25) is 14.4 Å². The fourth-order valence-corrected chi connectivity index (χ4v) is 7.29. The predicted molar refractivity (Wildman–Crippen MR) is 279 cm³/mol. The first-order valence-corrected chi connectivity index (χ1v) is 27.1. The minimum Gasteiger partial charge on any atom is -0.462 e. The second kappa shape index (κ2) is 53.2. The van der Waals surface area contributed by atoms with Crippen LogP contribution >= 0.6 is 0 Å². The highest BCUT2D eigenvalue weighted by molar-refractivity contribution is 5.71. The minimum atomic E-state index is -0.810. The average Bonchev–Trinajstić information content (AvgIpc) is 3.30. The summed E-state index contributed by atoms with van der Waals surface area (Å²) in [4.78, 5) is 38.0. The molecule has 1 unspecified atom stereocenters. The summed E-state index contributed by atoms with van der Waals surface area (Å²) in [5.41, 5.74) is 0. The van der Waals surface area contributed by atoms with Gasteiger partial charge in [0.1, 0.15) is 13.2 Å². The zero-order valence-corrected chi connectivity index (χ0v) is 42.5. The van der Waals surface area contributed by atoms with Crippen molar-refractivity contribution in [1.82, 2.24) is 0 Å². The molecule has 0 amide bonds. The molecule has 0 fully saturated rings. The molecule has 0 aliphatic rings. The van der Waals surface area contributed by atoms with Crippen LogP contribution < -0.4 is 0 Å². The highest BCUT2D eigenvalue weighted by Crippen LogP contribution is 2.13. The maximum atomic E-state index is 12.8. The van der Waals surface area contributed by atoms with E-state index in [0.717, 1.165) is 103 Å². The first kappa shape index (κ1) is 61.6. The molecule has 6 heteroatoms. The molecule has 0 aromatic carbocycles. The van der Waals surface area contributed by atoms with E-state index in [1.54, 1.807) is 0 Å². The summed E-state index contributed by atoms with van der Waals surface area (Å²) in [5.74, 6) is -0.986. The predicted octanol–water partition coefficient (Wildman–Crippen LogP) is 18.0. The molecule has 0 aromatic rings. The van der Waals surface area contributed by atoms with Crippen LogP contribution in [0.25, 0.3) is 0 Å². The monoisotopic (exact) mass is 905 g/mol. The number of esters is 3. The van der Waals surface area contributed by atoms with Gasteiger partial charge in [0, 0.05) is 19.3 Å². The van der Waals surface area contributed by atoms with Crippen molar-refractivity contribution in [2.24, 2.45) is 0 Å². The summed E-state index contributed by atoms with van der Waals surface area (Å²) >= 11 is 0. The Labute approximate surface area is 401 Å². The summed E-state index contributed by atoms with van der Waals surface area (Å²) in [6.07, 6.45) is 68.6. The molecule has 6 nitrogen and oxygen atoms in total. The topological polar surface area (TPSA) is 78.9 Å². The number of hydrogen-bond donors (Lipinski definition) is 0. The number of carbonyl (C=O) groups excluding carboxylic acids is 3. The Hall–Kier alpha value is -3.41. The van der Waals surface area contributed by atoms with Gasteiger partial charge < -0.3 is 14.2 Å². The van der Waals surface area contributed by atoms with E-state index < -0.39 is 6.10 Å². The van der Waals surface area contributed by atoms with E-state index >= 15 is 0 Å². The van der Waals surface area contributed by atoms with Crippen LogP contribution in [0.1, 0.15) is 252 Å². The summed E-state index contributed by atoms with van der Waals surface area (Å²) < 4.78 is 16.8. The second-order valence-corrected chi connectivity index (χ2v) is 17.7. The molecule has 0 bridgehead atoms. The third-order valence-electron chi connectivity index (χ3n) is 11.4. The Kier molecular flexibility index (Phi) is 50.4. The lowest BCUT2D eigenvalue weighted by Gasteiger charge is -2.18. The number of hydrogen-bond acceptors (Lipinski definition) is 6. The van der Waals surface area contributed by atoms with Gasteiger partial charge in [0.2, 0.25) is 0 Å². The maximum Gasteiger partial charge on any atom is 0.306 e. The Morgan fingerprint density at radius 3 is 1.03 bits per heavy atom. The first-order valence-electron chi connectivity index (χ1n) is 27.1. The lowest BCUT2D eigenvalue weighted by atomic mass is 10.1. The third kappa shape index (κ3) is 51.4. The van der Waals surface area contributed by atoms with Crippen molar-refractivity contribution in [3.8, 4) is 0 Å². The number of carbonyl (C=O) groups is 3. The van der Waals surface area contributed by atoms with Crippen molar-refractivity contribution >= 4 is 17.9 Å². The van der Waals surface area contributed by atoms with Crippen LogP contribution in [0.5, 0.6) is 0 Å². The highest BCUT2D eigenvalue weighted by atomic mass is 16.6. The van der Waals surface area contributed by atoms with Crippen LogP contribution in [0.15, 0.2) is 85.1 Å². The van der Waals surface area contributed by atoms with Gasteiger partial charge in [-0.05, 0) is 109 Å². The summed E-state index contributed by atoms with van der Waals surface area (Å²) in [6, 6.07) is 0. The van der Waals surface area contributed by atoms with E-state index in [1.807, 2.05) is 0 Å². The summed E-state index contributed by atoms with van der Waals surface area (Å²) in [7, 11) is 0. The molecule has 0 radical (unpaired) electrons. The number of ether oxygens (including phenoxy) is 3. The zero-order chi connectivity index (χ0) is 47.2. The van der Waals surface area contributed by atoms with Crippen molar-refractivity contribution in [3.63, 3.8) is 0 Å². The number of allylic oxidation sites excluding steroid dienone is 14. The third-order valence-corrected chi connectivity index (χ3v) is 11.4. The minimum absolute atomic E-state index is 0.106. The molecule has 0 saturated heterocycles. The molecule has 0 aromatic heterocycles. The van der Waals surface area contributed by atoms with E-state index in [2.05, 4.69) is 106 Å². The summed E-state index contributed by atoms with van der Waals surface area (Å²) in [5, 5.41) is 0. The lowest BCUT2D eigenvalue weighted by molar-refractivity contribution is -0.167. The first-order chi connectivity index (χ1) is 32.0. The van der Waals surface area contributed by atoms with Crippen LogP contribution in [-0.2, 0) is 28.6 Å². The maximum absolute atomic E-state index is 12.8. The molecule has 0 rings (SSSR count). The number of unbranched alkanes of at least 4 members (excludes halogenated alkanes) is 23. The van der Waals surface area contributed by atoms with Gasteiger partial charge in [0.25, 0.3) is 0 Å². The van der Waals surface area contributed by atoms with Crippen LogP contribution in [-0.4, -0.2) is 37.2 Å². The van der Waals surface area contributed by atoms with Gasteiger partial charge in [-0.1, -0.05) is 209 Å². The molecule has 0 N–H and O–H groups in total. The van der Waals surface area contributed by atoms with Crippen LogP contribution in [0.3, 0.4) is 0 Å². The van der Waals surface area contributed by atoms with Crippen molar-refractivity contribution < 1.29 is 28.6 Å². The van der Waals surface area contributed by atoms with Gasteiger partial charge in [0.05, 0.1) is 0 Å². The summed E-state index contributed by atoms with van der Waals surface area (Å²) in [6.45, 7) is 6.45. The molecular weight excluding hydrogens is 805 g/mol. The zero-order valence-electron chi connectivity index (χ0n) is 42.5. The van der Waals surface area contributed by atoms with Gasteiger partial charge in [-0.15, -0.1) is 0 Å². The fraction of sp³-hybridized carbons (Fsp3) is 0.712. The molecule has 0 saturated carbocycles. The second-order valence-electron chi connectivity index (χ2n) is 17.7. The normalized spacial score (nSPS) is 12.7. The van der Waals surface area contributed by atoms with E-state index in [0.29, 0.717) is 19.3 Å². The molecular formula is C59H100O6. The van der Waals surface area contributed by atoms with Gasteiger partial charge in [-0.2, -0.15) is 0 Å². The standard InChI is InChI=1S/C59H100O6/c1-4-7-10-13-16-19-22-25-28-30-32-34-37-40-43-46-49-52-58(61)64-55-56(54-63-57(60)51-48-45-42-39-36-33-27-24-21-18-15-12-9-6-3)65-59(62)53-50-47-44-41-38-35-31-29-26-23-20-17-14-11-8-5-2/h8,11,17,20,25-26,28-29,32-34,36,40,43,56H,4-7,9-10,12-16,18-19,21-24,27,30-31,35,37-39,41-42,44-55H2,1-3H3/b11-8-,20-17-,28-25-,29-26-,34-32-,36-33-,43-40-. The van der Waals surface area contributed by atoms with Gasteiger partial charge in [0.15, 0.2) is 6.10 Å². The highest BCUT2D eigenvalue weighted by Gasteiger charge is 2.19. The molecule has 0 spiro atoms. The molecule has 372 valence electrons. The lowest BCUT2D eigenvalue weighted by Crippen LogP contribution is -2.30. The molecule has 0 aliphatic carbocycles. The fourth-order valence-electron chi connectivity index (χ4n) is 7.29. The quantitative estimate of drug-likeness (QED) is 0.0262. The van der Waals surface area contributed by atoms with Crippen LogP contribution in [0.2, 0.25) is 0 Å². The molecule has 0 heterocycles. The Morgan fingerprint density at radius 1 is 0.323 bits per heavy atom. The van der Waals surface area contributed by atoms with Crippen molar-refractivity contribution in [2.45, 2.75) is 258 Å². The Balaban J connectivity index is 4.50. The van der Waals surface area contributed by atoms with Gasteiger partial charge >= 0.3 is 17.9 Å². The van der Waals surface area contributed by atoms with E-state index in [9.17, 15) is 14.4 Å². The van der Waals surface area contributed by atoms with Gasteiger partial charge in [-0.25, -0.2) is 0 Å². The molecule has 1 atom stereocenters. The molecule has 65 heavy (non-hydrogen) atoms. The molecule has 0 aliphatic heterocycles. The number of rotatable bonds is 48. The smallest absolute Gasteiger partial charge is 0.306 e. The Bertz CT molecular complexity index is 1270. The average molecular weight is 905 g/mol. The largest absolute Gasteiger partial charge is 0.462 e. The SMILES string of the molecule is CC/C=C\C/C=C\C/C=C\CCCCCCCCC(=O)OC(COC(=O)CCC/C=C\C/C=C\C/C=C\CCCCCCCC)COC(=O)CCCCC/C=C\CCCCCCCCC. The van der Waals surface area contributed by atoms with Crippen LogP contribution in [0, 0.1) is 0 Å². The van der Waals surface area contributed by atoms with E-state index in [-0.39, 0.29) is 37.5 Å².